The van der Waals surface area contributed by atoms with Crippen molar-refractivity contribution in [2.75, 3.05) is 24.4 Å². The number of amides is 1. The summed E-state index contributed by atoms with van der Waals surface area (Å²) in [5, 5.41) is 0. The highest BCUT2D eigenvalue weighted by atomic mass is 35.5. The first-order valence-electron chi connectivity index (χ1n) is 5.47. The van der Waals surface area contributed by atoms with E-state index in [0.29, 0.717) is 12.4 Å². The quantitative estimate of drug-likeness (QED) is 0.718. The van der Waals surface area contributed by atoms with Crippen molar-refractivity contribution in [1.82, 2.24) is 4.90 Å². The molecule has 0 radical (unpaired) electrons. The highest BCUT2D eigenvalue weighted by Gasteiger charge is 2.26. The molecule has 1 rings (SSSR count). The molecule has 0 spiro atoms. The fraction of sp³-hybridized carbons (Fsp3) is 0.900. The van der Waals surface area contributed by atoms with E-state index in [2.05, 4.69) is 0 Å². The van der Waals surface area contributed by atoms with Gasteiger partial charge in [0.15, 0.2) is 9.84 Å². The summed E-state index contributed by atoms with van der Waals surface area (Å²) < 4.78 is 22.2. The molecule has 1 aliphatic heterocycles. The van der Waals surface area contributed by atoms with Crippen LogP contribution >= 0.6 is 11.6 Å². The molecule has 1 atom stereocenters. The number of halogens is 1. The number of sulfone groups is 1. The van der Waals surface area contributed by atoms with Crippen LogP contribution in [0.15, 0.2) is 0 Å². The van der Waals surface area contributed by atoms with Crippen molar-refractivity contribution >= 4 is 27.3 Å². The SMILES string of the molecule is CS(=O)(=O)CC(=O)N1CCCCCC1CCl. The van der Waals surface area contributed by atoms with Crippen molar-refractivity contribution in [2.45, 2.75) is 31.7 Å². The van der Waals surface area contributed by atoms with Crippen LogP contribution in [0, 0.1) is 0 Å². The second-order valence-corrected chi connectivity index (χ2v) is 6.76. The van der Waals surface area contributed by atoms with E-state index < -0.39 is 15.6 Å². The summed E-state index contributed by atoms with van der Waals surface area (Å²) >= 11 is 5.82. The third kappa shape index (κ3) is 4.29. The minimum absolute atomic E-state index is 0.00147. The standard InChI is InChI=1S/C10H18ClNO3S/c1-16(14,15)8-10(13)12-6-4-2-3-5-9(12)7-11/h9H,2-8H2,1H3. The lowest BCUT2D eigenvalue weighted by molar-refractivity contribution is -0.130. The monoisotopic (exact) mass is 267 g/mol. The fourth-order valence-corrected chi connectivity index (χ4v) is 2.91. The van der Waals surface area contributed by atoms with Crippen LogP contribution in [0.25, 0.3) is 0 Å². The molecular formula is C10H18ClNO3S. The molecule has 1 heterocycles. The van der Waals surface area contributed by atoms with E-state index in [0.717, 1.165) is 31.9 Å². The summed E-state index contributed by atoms with van der Waals surface area (Å²) in [7, 11) is -3.25. The zero-order valence-electron chi connectivity index (χ0n) is 9.49. The first-order valence-corrected chi connectivity index (χ1v) is 8.06. The Balaban J connectivity index is 2.70. The average Bonchev–Trinajstić information content (AvgIpc) is 2.39. The summed E-state index contributed by atoms with van der Waals surface area (Å²) in [6.07, 6.45) is 5.02. The second kappa shape index (κ2) is 5.87. The molecule has 0 aliphatic carbocycles. The minimum atomic E-state index is -3.25. The van der Waals surface area contributed by atoms with E-state index in [1.54, 1.807) is 4.90 Å². The van der Waals surface area contributed by atoms with Gasteiger partial charge in [-0.15, -0.1) is 11.6 Å². The van der Waals surface area contributed by atoms with Gasteiger partial charge in [-0.2, -0.15) is 0 Å². The van der Waals surface area contributed by atoms with Crippen LogP contribution in [0.3, 0.4) is 0 Å². The maximum atomic E-state index is 11.8. The molecule has 0 N–H and O–H groups in total. The van der Waals surface area contributed by atoms with E-state index in [1.165, 1.54) is 0 Å². The topological polar surface area (TPSA) is 54.5 Å². The zero-order valence-corrected chi connectivity index (χ0v) is 11.1. The van der Waals surface area contributed by atoms with E-state index >= 15 is 0 Å². The van der Waals surface area contributed by atoms with E-state index in [1.807, 2.05) is 0 Å². The number of rotatable bonds is 3. The molecule has 4 nitrogen and oxygen atoms in total. The van der Waals surface area contributed by atoms with Gasteiger partial charge in [0.25, 0.3) is 0 Å². The molecule has 0 bridgehead atoms. The molecule has 6 heteroatoms. The Labute approximate surface area is 102 Å². The van der Waals surface area contributed by atoms with Crippen LogP contribution in [0.4, 0.5) is 0 Å². The van der Waals surface area contributed by atoms with Crippen molar-refractivity contribution < 1.29 is 13.2 Å². The summed E-state index contributed by atoms with van der Waals surface area (Å²) in [6, 6.07) is -0.00147. The van der Waals surface area contributed by atoms with Crippen LogP contribution in [0.2, 0.25) is 0 Å². The molecule has 1 saturated heterocycles. The summed E-state index contributed by atoms with van der Waals surface area (Å²) in [5.74, 6) is -0.328. The number of carbonyl (C=O) groups is 1. The van der Waals surface area contributed by atoms with Gasteiger partial charge in [0.05, 0.1) is 0 Å². The van der Waals surface area contributed by atoms with Gasteiger partial charge < -0.3 is 4.90 Å². The number of hydrogen-bond acceptors (Lipinski definition) is 3. The van der Waals surface area contributed by atoms with Crippen LogP contribution in [0.1, 0.15) is 25.7 Å². The van der Waals surface area contributed by atoms with E-state index in [9.17, 15) is 13.2 Å². The highest BCUT2D eigenvalue weighted by Crippen LogP contribution is 2.18. The molecule has 0 aromatic rings. The van der Waals surface area contributed by atoms with Gasteiger partial charge in [-0.25, -0.2) is 8.42 Å². The molecule has 16 heavy (non-hydrogen) atoms. The number of alkyl halides is 1. The molecule has 1 amide bonds. The van der Waals surface area contributed by atoms with Crippen LogP contribution in [0.5, 0.6) is 0 Å². The van der Waals surface area contributed by atoms with Crippen molar-refractivity contribution in [2.24, 2.45) is 0 Å². The largest absolute Gasteiger partial charge is 0.338 e. The fourth-order valence-electron chi connectivity index (χ4n) is 1.97. The Bertz CT molecular complexity index is 342. The lowest BCUT2D eigenvalue weighted by Gasteiger charge is -2.28. The van der Waals surface area contributed by atoms with Crippen LogP contribution in [-0.4, -0.2) is 49.7 Å². The highest BCUT2D eigenvalue weighted by molar-refractivity contribution is 7.91. The van der Waals surface area contributed by atoms with Crippen LogP contribution in [-0.2, 0) is 14.6 Å². The van der Waals surface area contributed by atoms with Gasteiger partial charge in [0.2, 0.25) is 5.91 Å². The first kappa shape index (κ1) is 13.8. The molecule has 0 aromatic heterocycles. The lowest BCUT2D eigenvalue weighted by Crippen LogP contribution is -2.43. The summed E-state index contributed by atoms with van der Waals surface area (Å²) in [5.41, 5.74) is 0. The Morgan fingerprint density at radius 3 is 2.62 bits per heavy atom. The smallest absolute Gasteiger partial charge is 0.238 e. The average molecular weight is 268 g/mol. The first-order chi connectivity index (χ1) is 7.44. The summed E-state index contributed by atoms with van der Waals surface area (Å²) in [6.45, 7) is 0.631. The molecule has 1 aliphatic rings. The predicted molar refractivity (Wildman–Crippen MR) is 64.4 cm³/mol. The van der Waals surface area contributed by atoms with Gasteiger partial charge in [0.1, 0.15) is 5.75 Å². The molecule has 0 aromatic carbocycles. The Hall–Kier alpha value is -0.290. The molecule has 1 fully saturated rings. The second-order valence-electron chi connectivity index (χ2n) is 4.31. The Morgan fingerprint density at radius 2 is 2.06 bits per heavy atom. The lowest BCUT2D eigenvalue weighted by atomic mass is 10.1. The van der Waals surface area contributed by atoms with E-state index in [4.69, 9.17) is 11.6 Å². The van der Waals surface area contributed by atoms with Crippen molar-refractivity contribution in [3.8, 4) is 0 Å². The van der Waals surface area contributed by atoms with Gasteiger partial charge in [0, 0.05) is 24.7 Å². The molecule has 94 valence electrons. The maximum Gasteiger partial charge on any atom is 0.238 e. The van der Waals surface area contributed by atoms with Gasteiger partial charge in [-0.05, 0) is 12.8 Å². The Morgan fingerprint density at radius 1 is 1.38 bits per heavy atom. The number of hydrogen-bond donors (Lipinski definition) is 0. The third-order valence-electron chi connectivity index (χ3n) is 2.76. The normalized spacial score (nSPS) is 22.9. The minimum Gasteiger partial charge on any atom is -0.338 e. The molecular weight excluding hydrogens is 250 g/mol. The van der Waals surface area contributed by atoms with Crippen molar-refractivity contribution in [3.63, 3.8) is 0 Å². The van der Waals surface area contributed by atoms with Gasteiger partial charge in [-0.1, -0.05) is 12.8 Å². The van der Waals surface area contributed by atoms with Crippen molar-refractivity contribution in [3.05, 3.63) is 0 Å². The van der Waals surface area contributed by atoms with Crippen LogP contribution < -0.4 is 0 Å². The number of carbonyl (C=O) groups excluding carboxylic acids is 1. The molecule has 0 saturated carbocycles. The zero-order chi connectivity index (χ0) is 12.2. The third-order valence-corrected chi connectivity index (χ3v) is 3.89. The summed E-state index contributed by atoms with van der Waals surface area (Å²) in [4.78, 5) is 13.5. The van der Waals surface area contributed by atoms with Gasteiger partial charge in [-0.3, -0.25) is 4.79 Å². The van der Waals surface area contributed by atoms with Gasteiger partial charge >= 0.3 is 0 Å². The molecule has 1 unspecified atom stereocenters. The number of likely N-dealkylation sites (tertiary alicyclic amines) is 1. The maximum absolute atomic E-state index is 11.8. The van der Waals surface area contributed by atoms with Crippen molar-refractivity contribution in [1.29, 1.82) is 0 Å². The predicted octanol–water partition coefficient (Wildman–Crippen LogP) is 1.04. The van der Waals surface area contributed by atoms with E-state index in [-0.39, 0.29) is 11.9 Å². The Kier molecular flexibility index (Phi) is 5.05. The number of nitrogens with zero attached hydrogens (tertiary/aromatic N) is 1.